The number of carboxylic acids is 1. The number of aliphatic hydroxyl groups is 2. The van der Waals surface area contributed by atoms with E-state index in [1.807, 2.05) is 0 Å². The van der Waals surface area contributed by atoms with E-state index < -0.39 is 108 Å². The molecule has 4 rings (SSSR count). The first kappa shape index (κ1) is 40.4. The van der Waals surface area contributed by atoms with Crippen LogP contribution >= 0.6 is 0 Å². The number of rotatable bonds is 14. The lowest BCUT2D eigenvalue weighted by atomic mass is 10.1. The second-order valence-electron chi connectivity index (χ2n) is 14.0. The van der Waals surface area contributed by atoms with Crippen molar-refractivity contribution in [1.82, 2.24) is 41.3 Å². The number of nitrogens with one attached hydrogen (secondary N) is 5. The lowest BCUT2D eigenvalue weighted by molar-refractivity contribution is -0.151. The van der Waals surface area contributed by atoms with Crippen LogP contribution < -0.4 is 26.6 Å². The molecule has 0 saturated carbocycles. The summed E-state index contributed by atoms with van der Waals surface area (Å²) in [4.78, 5) is 108. The van der Waals surface area contributed by atoms with Crippen LogP contribution in [0.5, 0.6) is 0 Å². The average Bonchev–Trinajstić information content (AvgIpc) is 3.94. The maximum absolute atomic E-state index is 14.0. The molecule has 290 valence electrons. The number of aliphatic carboxylic acids is 1. The van der Waals surface area contributed by atoms with Gasteiger partial charge in [-0.15, -0.1) is 0 Å². The van der Waals surface area contributed by atoms with Gasteiger partial charge in [0.05, 0.1) is 18.8 Å². The monoisotopic (exact) mass is 736 g/mol. The van der Waals surface area contributed by atoms with E-state index in [9.17, 15) is 48.6 Å². The molecule has 4 heterocycles. The molecule has 4 fully saturated rings. The fourth-order valence-corrected chi connectivity index (χ4v) is 7.30. The second-order valence-corrected chi connectivity index (χ2v) is 14.0. The molecule has 0 bridgehead atoms. The highest BCUT2D eigenvalue weighted by atomic mass is 16.4. The summed E-state index contributed by atoms with van der Waals surface area (Å²) in [6.45, 7) is 4.76. The van der Waals surface area contributed by atoms with E-state index in [1.54, 1.807) is 0 Å². The molecule has 0 aromatic carbocycles. The highest BCUT2D eigenvalue weighted by Gasteiger charge is 2.46. The average molecular weight is 737 g/mol. The van der Waals surface area contributed by atoms with Crippen LogP contribution in [-0.2, 0) is 38.4 Å². The van der Waals surface area contributed by atoms with Gasteiger partial charge in [-0.3, -0.25) is 33.6 Å². The number of aliphatic hydroxyl groups excluding tert-OH is 2. The maximum Gasteiger partial charge on any atom is 0.328 e. The molecule has 9 atom stereocenters. The molecule has 0 unspecified atom stereocenters. The number of nitrogens with zero attached hydrogens (tertiary/aromatic N) is 3. The van der Waals surface area contributed by atoms with E-state index >= 15 is 0 Å². The zero-order valence-electron chi connectivity index (χ0n) is 29.8. The number of amides is 7. The first-order valence-electron chi connectivity index (χ1n) is 18.0. The predicted octanol–water partition coefficient (Wildman–Crippen LogP) is -3.85. The van der Waals surface area contributed by atoms with E-state index in [4.69, 9.17) is 5.11 Å². The molecule has 0 radical (unpaired) electrons. The number of hydrogen-bond donors (Lipinski definition) is 8. The second kappa shape index (κ2) is 17.9. The van der Waals surface area contributed by atoms with Crippen molar-refractivity contribution in [1.29, 1.82) is 0 Å². The van der Waals surface area contributed by atoms with Gasteiger partial charge in [0, 0.05) is 19.6 Å². The summed E-state index contributed by atoms with van der Waals surface area (Å²) in [6, 6.07) is -8.26. The van der Waals surface area contributed by atoms with Crippen molar-refractivity contribution in [3.8, 4) is 0 Å². The normalized spacial score (nSPS) is 25.8. The molecule has 4 saturated heterocycles. The molecule has 4 aliphatic heterocycles. The Bertz CT molecular complexity index is 1390. The third-order valence-electron chi connectivity index (χ3n) is 10.2. The standard InChI is InChI=1S/C33H52N8O11/c1-17(26(44)37-21(16-42)33(51)52)35-28(46)22-9-5-13-39(22)31(49)24-11-7-15-41(24)32(50)23-10-6-14-40(23)30(48)18(2)36-29(47)25(19(3)43)38-27(45)20-8-4-12-34-20/h17-25,34,42-43H,4-16H2,1-3H3,(H,35,46)(H,36,47)(H,37,44)(H,38,45)(H,51,52)/t17-,18-,19+,20-,21-,22-,23-,24-,25-/m0/s1. The fourth-order valence-electron chi connectivity index (χ4n) is 7.30. The van der Waals surface area contributed by atoms with Crippen LogP contribution in [0.3, 0.4) is 0 Å². The SMILES string of the molecule is C[C@H](NC(=O)[C@@H]1CCCN1C(=O)[C@@H]1CCCN1C(=O)[C@@H]1CCCN1C(=O)[C@H](C)NC(=O)[C@@H](NC(=O)[C@@H]1CCCN1)[C@@H](C)O)C(=O)N[C@@H](CO)C(=O)O. The molecule has 4 aliphatic rings. The summed E-state index contributed by atoms with van der Waals surface area (Å²) >= 11 is 0. The van der Waals surface area contributed by atoms with Crippen molar-refractivity contribution in [3.05, 3.63) is 0 Å². The van der Waals surface area contributed by atoms with Gasteiger partial charge in [-0.2, -0.15) is 0 Å². The fraction of sp³-hybridized carbons (Fsp3) is 0.758. The van der Waals surface area contributed by atoms with Crippen molar-refractivity contribution in [2.45, 2.75) is 127 Å². The third kappa shape index (κ3) is 9.35. The van der Waals surface area contributed by atoms with Crippen LogP contribution in [0.15, 0.2) is 0 Å². The van der Waals surface area contributed by atoms with Crippen molar-refractivity contribution in [2.24, 2.45) is 0 Å². The van der Waals surface area contributed by atoms with Crippen LogP contribution in [0, 0.1) is 0 Å². The Hall–Kier alpha value is -4.36. The zero-order chi connectivity index (χ0) is 38.3. The molecular formula is C33H52N8O11. The van der Waals surface area contributed by atoms with Gasteiger partial charge in [0.15, 0.2) is 0 Å². The number of hydrogen-bond acceptors (Lipinski definition) is 11. The van der Waals surface area contributed by atoms with Crippen molar-refractivity contribution in [3.63, 3.8) is 0 Å². The van der Waals surface area contributed by atoms with Crippen LogP contribution in [0.4, 0.5) is 0 Å². The number of carboxylic acid groups (broad SMARTS) is 1. The largest absolute Gasteiger partial charge is 0.480 e. The number of carbonyl (C=O) groups is 8. The highest BCUT2D eigenvalue weighted by molar-refractivity contribution is 5.98. The van der Waals surface area contributed by atoms with Crippen molar-refractivity contribution < 1.29 is 53.7 Å². The minimum absolute atomic E-state index is 0.247. The molecular weight excluding hydrogens is 684 g/mol. The Morgan fingerprint density at radius 2 is 1.23 bits per heavy atom. The topological polar surface area (TPSA) is 267 Å². The first-order chi connectivity index (χ1) is 24.7. The predicted molar refractivity (Wildman–Crippen MR) is 181 cm³/mol. The van der Waals surface area contributed by atoms with E-state index in [2.05, 4.69) is 26.6 Å². The van der Waals surface area contributed by atoms with E-state index in [0.717, 1.165) is 6.42 Å². The maximum atomic E-state index is 14.0. The van der Waals surface area contributed by atoms with Crippen LogP contribution in [-0.4, -0.2) is 165 Å². The summed E-state index contributed by atoms with van der Waals surface area (Å²) in [5, 5.41) is 41.3. The Balaban J connectivity index is 1.36. The molecule has 0 spiro atoms. The molecule has 19 heteroatoms. The van der Waals surface area contributed by atoms with Gasteiger partial charge in [0.2, 0.25) is 41.4 Å². The summed E-state index contributed by atoms with van der Waals surface area (Å²) in [5.74, 6) is -5.42. The first-order valence-corrected chi connectivity index (χ1v) is 18.0. The number of likely N-dealkylation sites (tertiary alicyclic amines) is 3. The summed E-state index contributed by atoms with van der Waals surface area (Å²) < 4.78 is 0. The Kier molecular flexibility index (Phi) is 13.9. The molecule has 7 amide bonds. The van der Waals surface area contributed by atoms with Gasteiger partial charge in [-0.05, 0) is 78.7 Å². The zero-order valence-corrected chi connectivity index (χ0v) is 29.8. The van der Waals surface area contributed by atoms with Crippen molar-refractivity contribution >= 4 is 47.3 Å². The van der Waals surface area contributed by atoms with E-state index in [1.165, 1.54) is 35.5 Å². The molecule has 0 aromatic heterocycles. The van der Waals surface area contributed by atoms with Crippen molar-refractivity contribution in [2.75, 3.05) is 32.8 Å². The molecule has 0 aromatic rings. The Labute approximate surface area is 301 Å². The highest BCUT2D eigenvalue weighted by Crippen LogP contribution is 2.29. The summed E-state index contributed by atoms with van der Waals surface area (Å²) in [7, 11) is 0. The van der Waals surface area contributed by atoms with Gasteiger partial charge < -0.3 is 56.6 Å². The van der Waals surface area contributed by atoms with Crippen LogP contribution in [0.25, 0.3) is 0 Å². The minimum Gasteiger partial charge on any atom is -0.480 e. The van der Waals surface area contributed by atoms with Gasteiger partial charge >= 0.3 is 5.97 Å². The Morgan fingerprint density at radius 1 is 0.673 bits per heavy atom. The lowest BCUT2D eigenvalue weighted by Crippen LogP contribution is -2.60. The van der Waals surface area contributed by atoms with Gasteiger partial charge in [-0.25, -0.2) is 4.79 Å². The summed E-state index contributed by atoms with van der Waals surface area (Å²) in [5.41, 5.74) is 0. The van der Waals surface area contributed by atoms with Gasteiger partial charge in [-0.1, -0.05) is 0 Å². The molecule has 19 nitrogen and oxygen atoms in total. The molecule has 52 heavy (non-hydrogen) atoms. The van der Waals surface area contributed by atoms with Gasteiger partial charge in [0.25, 0.3) is 0 Å². The summed E-state index contributed by atoms with van der Waals surface area (Å²) in [6.07, 6.45) is 2.71. The quantitative estimate of drug-likeness (QED) is 0.0852. The van der Waals surface area contributed by atoms with E-state index in [0.29, 0.717) is 51.5 Å². The Morgan fingerprint density at radius 3 is 1.77 bits per heavy atom. The van der Waals surface area contributed by atoms with Gasteiger partial charge in [0.1, 0.15) is 42.3 Å². The van der Waals surface area contributed by atoms with Crippen LogP contribution in [0.1, 0.15) is 72.1 Å². The molecule has 0 aliphatic carbocycles. The lowest BCUT2D eigenvalue weighted by Gasteiger charge is -2.35. The van der Waals surface area contributed by atoms with E-state index in [-0.39, 0.29) is 19.6 Å². The third-order valence-corrected chi connectivity index (χ3v) is 10.2. The smallest absolute Gasteiger partial charge is 0.328 e. The molecule has 8 N–H and O–H groups in total. The minimum atomic E-state index is -1.55. The number of carbonyl (C=O) groups excluding carboxylic acids is 7. The van der Waals surface area contributed by atoms with Crippen LogP contribution in [0.2, 0.25) is 0 Å².